The third-order valence-corrected chi connectivity index (χ3v) is 2.71. The first-order valence-corrected chi connectivity index (χ1v) is 6.50. The van der Waals surface area contributed by atoms with E-state index in [-0.39, 0.29) is 5.75 Å². The number of halogens is 4. The molecule has 2 atom stereocenters. The van der Waals surface area contributed by atoms with Crippen molar-refractivity contribution in [3.63, 3.8) is 0 Å². The SMILES string of the molecule is CC(=O)OC(C(F)C(=O)Oc1ccccc1)C(Cl)(Cl)Cl. The number of carbonyl (C=O) groups excluding carboxylic acids is 2. The summed E-state index contributed by atoms with van der Waals surface area (Å²) in [6.45, 7) is 0.999. The fraction of sp³-hybridized carbons (Fsp3) is 0.333. The summed E-state index contributed by atoms with van der Waals surface area (Å²) in [5.41, 5.74) is 0. The topological polar surface area (TPSA) is 52.6 Å². The van der Waals surface area contributed by atoms with E-state index in [1.54, 1.807) is 18.2 Å². The van der Waals surface area contributed by atoms with Crippen LogP contribution >= 0.6 is 34.8 Å². The van der Waals surface area contributed by atoms with Gasteiger partial charge in [0.25, 0.3) is 0 Å². The Hall–Kier alpha value is -1.04. The van der Waals surface area contributed by atoms with Gasteiger partial charge in [0, 0.05) is 6.92 Å². The Morgan fingerprint density at radius 1 is 1.20 bits per heavy atom. The van der Waals surface area contributed by atoms with Gasteiger partial charge in [-0.05, 0) is 12.1 Å². The third-order valence-electron chi connectivity index (χ3n) is 2.07. The van der Waals surface area contributed by atoms with Crippen molar-refractivity contribution in [1.29, 1.82) is 0 Å². The highest BCUT2D eigenvalue weighted by Crippen LogP contribution is 2.35. The van der Waals surface area contributed by atoms with Crippen LogP contribution in [-0.2, 0) is 14.3 Å². The van der Waals surface area contributed by atoms with E-state index in [2.05, 4.69) is 4.74 Å². The zero-order chi connectivity index (χ0) is 15.3. The average Bonchev–Trinajstić information content (AvgIpc) is 2.34. The van der Waals surface area contributed by atoms with E-state index >= 15 is 0 Å². The van der Waals surface area contributed by atoms with Crippen molar-refractivity contribution in [3.05, 3.63) is 30.3 Å². The van der Waals surface area contributed by atoms with Crippen molar-refractivity contribution in [2.45, 2.75) is 23.0 Å². The Labute approximate surface area is 129 Å². The van der Waals surface area contributed by atoms with Crippen LogP contribution in [0, 0.1) is 0 Å². The quantitative estimate of drug-likeness (QED) is 0.478. The molecule has 0 saturated heterocycles. The van der Waals surface area contributed by atoms with E-state index in [1.165, 1.54) is 12.1 Å². The van der Waals surface area contributed by atoms with Crippen molar-refractivity contribution in [2.24, 2.45) is 0 Å². The molecule has 20 heavy (non-hydrogen) atoms. The number of rotatable bonds is 4. The number of ether oxygens (including phenoxy) is 2. The molecule has 0 aliphatic rings. The van der Waals surface area contributed by atoms with Crippen LogP contribution in [0.5, 0.6) is 5.75 Å². The maximum Gasteiger partial charge on any atom is 0.350 e. The molecule has 0 fully saturated rings. The second-order valence-electron chi connectivity index (χ2n) is 3.71. The minimum atomic E-state index is -2.44. The first kappa shape index (κ1) is 17.0. The maximum absolute atomic E-state index is 14.0. The highest BCUT2D eigenvalue weighted by atomic mass is 35.6. The van der Waals surface area contributed by atoms with Crippen LogP contribution in [0.15, 0.2) is 30.3 Å². The van der Waals surface area contributed by atoms with Crippen LogP contribution in [0.2, 0.25) is 0 Å². The fourth-order valence-corrected chi connectivity index (χ4v) is 1.72. The van der Waals surface area contributed by atoms with Gasteiger partial charge in [-0.25, -0.2) is 9.18 Å². The fourth-order valence-electron chi connectivity index (χ4n) is 1.26. The van der Waals surface area contributed by atoms with Crippen LogP contribution in [0.25, 0.3) is 0 Å². The van der Waals surface area contributed by atoms with Gasteiger partial charge in [0.1, 0.15) is 5.75 Å². The molecule has 0 aliphatic heterocycles. The largest absolute Gasteiger partial charge is 0.454 e. The summed E-state index contributed by atoms with van der Waals surface area (Å²) in [6.07, 6.45) is -4.34. The standard InChI is InChI=1S/C12H10Cl3FO4/c1-7(17)19-10(12(13,14)15)9(16)11(18)20-8-5-3-2-4-6-8/h2-6,9-10H,1H3. The van der Waals surface area contributed by atoms with E-state index < -0.39 is 28.0 Å². The molecule has 110 valence electrons. The average molecular weight is 344 g/mol. The summed E-state index contributed by atoms with van der Waals surface area (Å²) in [7, 11) is 0. The Bertz CT molecular complexity index is 475. The van der Waals surface area contributed by atoms with Crippen molar-refractivity contribution in [1.82, 2.24) is 0 Å². The highest BCUT2D eigenvalue weighted by molar-refractivity contribution is 6.68. The van der Waals surface area contributed by atoms with Crippen molar-refractivity contribution in [2.75, 3.05) is 0 Å². The first-order valence-electron chi connectivity index (χ1n) is 5.36. The number of hydrogen-bond acceptors (Lipinski definition) is 4. The molecular weight excluding hydrogens is 333 g/mol. The molecule has 0 aromatic heterocycles. The molecule has 0 heterocycles. The Morgan fingerprint density at radius 3 is 2.20 bits per heavy atom. The lowest BCUT2D eigenvalue weighted by molar-refractivity contribution is -0.156. The molecule has 1 aromatic carbocycles. The molecule has 0 spiro atoms. The van der Waals surface area contributed by atoms with E-state index in [0.717, 1.165) is 6.92 Å². The number of benzene rings is 1. The van der Waals surface area contributed by atoms with Gasteiger partial charge in [0.2, 0.25) is 9.96 Å². The molecule has 1 aromatic rings. The minimum absolute atomic E-state index is 0.117. The molecule has 0 saturated carbocycles. The first-order chi connectivity index (χ1) is 9.21. The number of para-hydroxylation sites is 1. The van der Waals surface area contributed by atoms with Crippen LogP contribution in [0.3, 0.4) is 0 Å². The Balaban J connectivity index is 2.81. The Kier molecular flexibility index (Phi) is 6.05. The molecular formula is C12H10Cl3FO4. The monoisotopic (exact) mass is 342 g/mol. The number of hydrogen-bond donors (Lipinski definition) is 0. The second-order valence-corrected chi connectivity index (χ2v) is 6.08. The van der Waals surface area contributed by atoms with E-state index in [9.17, 15) is 14.0 Å². The zero-order valence-electron chi connectivity index (χ0n) is 10.2. The molecule has 0 bridgehead atoms. The van der Waals surface area contributed by atoms with E-state index in [1.807, 2.05) is 0 Å². The van der Waals surface area contributed by atoms with Gasteiger partial charge >= 0.3 is 11.9 Å². The van der Waals surface area contributed by atoms with Gasteiger partial charge in [-0.2, -0.15) is 0 Å². The summed E-state index contributed by atoms with van der Waals surface area (Å²) in [6, 6.07) is 7.76. The zero-order valence-corrected chi connectivity index (χ0v) is 12.5. The highest BCUT2D eigenvalue weighted by Gasteiger charge is 2.46. The molecule has 4 nitrogen and oxygen atoms in total. The summed E-state index contributed by atoms with van der Waals surface area (Å²) in [4.78, 5) is 22.5. The lowest BCUT2D eigenvalue weighted by atomic mass is 10.2. The number of esters is 2. The maximum atomic E-state index is 14.0. The summed E-state index contributed by atoms with van der Waals surface area (Å²) < 4.78 is 21.0. The van der Waals surface area contributed by atoms with Crippen LogP contribution < -0.4 is 4.74 Å². The van der Waals surface area contributed by atoms with E-state index in [4.69, 9.17) is 39.5 Å². The lowest BCUT2D eigenvalue weighted by Crippen LogP contribution is -2.44. The minimum Gasteiger partial charge on any atom is -0.454 e. The van der Waals surface area contributed by atoms with Crippen LogP contribution in [0.1, 0.15) is 6.92 Å². The number of alkyl halides is 4. The molecule has 2 unspecified atom stereocenters. The van der Waals surface area contributed by atoms with Gasteiger partial charge in [0.05, 0.1) is 0 Å². The summed E-state index contributed by atoms with van der Waals surface area (Å²) in [5, 5.41) is 0. The molecule has 1 rings (SSSR count). The third kappa shape index (κ3) is 5.15. The van der Waals surface area contributed by atoms with Crippen molar-refractivity contribution in [3.8, 4) is 5.75 Å². The van der Waals surface area contributed by atoms with Gasteiger partial charge in [-0.3, -0.25) is 4.79 Å². The number of carbonyl (C=O) groups is 2. The summed E-state index contributed by atoms with van der Waals surface area (Å²) in [5.74, 6) is -2.10. The van der Waals surface area contributed by atoms with Crippen molar-refractivity contribution >= 4 is 46.7 Å². The molecule has 8 heteroatoms. The predicted molar refractivity (Wildman–Crippen MR) is 72.8 cm³/mol. The van der Waals surface area contributed by atoms with E-state index in [0.29, 0.717) is 0 Å². The lowest BCUT2D eigenvalue weighted by Gasteiger charge is -2.25. The van der Waals surface area contributed by atoms with Crippen molar-refractivity contribution < 1.29 is 23.5 Å². The molecule has 0 N–H and O–H groups in total. The van der Waals surface area contributed by atoms with Gasteiger partial charge in [0.15, 0.2) is 6.10 Å². The van der Waals surface area contributed by atoms with Gasteiger partial charge in [-0.15, -0.1) is 0 Å². The normalized spacial score (nSPS) is 14.2. The summed E-state index contributed by atoms with van der Waals surface area (Å²) >= 11 is 16.5. The van der Waals surface area contributed by atoms with Gasteiger partial charge < -0.3 is 9.47 Å². The van der Waals surface area contributed by atoms with Gasteiger partial charge in [-0.1, -0.05) is 53.0 Å². The Morgan fingerprint density at radius 2 is 1.75 bits per heavy atom. The molecule has 0 amide bonds. The van der Waals surface area contributed by atoms with Crippen LogP contribution in [-0.4, -0.2) is 28.0 Å². The smallest absolute Gasteiger partial charge is 0.350 e. The second kappa shape index (κ2) is 7.11. The molecule has 0 radical (unpaired) electrons. The predicted octanol–water partition coefficient (Wildman–Crippen LogP) is 3.23. The molecule has 0 aliphatic carbocycles. The van der Waals surface area contributed by atoms with Crippen LogP contribution in [0.4, 0.5) is 4.39 Å².